The molecule has 0 unspecified atom stereocenters. The van der Waals surface area contributed by atoms with Crippen LogP contribution in [0.5, 0.6) is 0 Å². The molecule has 1 aliphatic carbocycles. The quantitative estimate of drug-likeness (QED) is 0.543. The van der Waals surface area contributed by atoms with E-state index in [0.29, 0.717) is 0 Å². The fourth-order valence-corrected chi connectivity index (χ4v) is 1.73. The van der Waals surface area contributed by atoms with Crippen molar-refractivity contribution in [1.82, 2.24) is 0 Å². The van der Waals surface area contributed by atoms with Gasteiger partial charge in [-0.15, -0.1) is 0 Å². The summed E-state index contributed by atoms with van der Waals surface area (Å²) in [4.78, 5) is 0. The highest BCUT2D eigenvalue weighted by molar-refractivity contribution is 5.37. The van der Waals surface area contributed by atoms with Gasteiger partial charge >= 0.3 is 0 Å². The number of rotatable bonds is 4. The SMILES string of the molecule is C=C(O)/C=C\C(=C)C(C)(C)C1=CC=CCC1. The Morgan fingerprint density at radius 1 is 1.38 bits per heavy atom. The van der Waals surface area contributed by atoms with Crippen LogP contribution in [0.2, 0.25) is 0 Å². The Hall–Kier alpha value is -1.50. The van der Waals surface area contributed by atoms with Crippen LogP contribution >= 0.6 is 0 Å². The van der Waals surface area contributed by atoms with Crippen LogP contribution < -0.4 is 0 Å². The Kier molecular flexibility index (Phi) is 3.94. The molecule has 0 bridgehead atoms. The van der Waals surface area contributed by atoms with E-state index in [1.165, 1.54) is 5.57 Å². The summed E-state index contributed by atoms with van der Waals surface area (Å²) in [6.45, 7) is 11.8. The monoisotopic (exact) mass is 216 g/mol. The van der Waals surface area contributed by atoms with Crippen LogP contribution in [0.15, 0.2) is 60.4 Å². The zero-order valence-electron chi connectivity index (χ0n) is 10.2. The molecule has 0 heterocycles. The van der Waals surface area contributed by atoms with Gasteiger partial charge in [-0.25, -0.2) is 0 Å². The lowest BCUT2D eigenvalue weighted by Crippen LogP contribution is -2.17. The normalized spacial score (nSPS) is 16.2. The molecule has 0 aliphatic heterocycles. The van der Waals surface area contributed by atoms with Crippen molar-refractivity contribution in [2.75, 3.05) is 0 Å². The molecule has 0 saturated carbocycles. The average Bonchev–Trinajstić information content (AvgIpc) is 2.27. The first kappa shape index (κ1) is 12.6. The van der Waals surface area contributed by atoms with E-state index in [1.54, 1.807) is 6.08 Å². The lowest BCUT2D eigenvalue weighted by Gasteiger charge is -2.30. The van der Waals surface area contributed by atoms with Crippen molar-refractivity contribution in [1.29, 1.82) is 0 Å². The second kappa shape index (κ2) is 5.02. The maximum atomic E-state index is 9.03. The molecule has 0 saturated heterocycles. The van der Waals surface area contributed by atoms with Crippen LogP contribution in [0.3, 0.4) is 0 Å². The van der Waals surface area contributed by atoms with E-state index >= 15 is 0 Å². The van der Waals surface area contributed by atoms with Gasteiger partial charge in [0.15, 0.2) is 0 Å². The fraction of sp³-hybridized carbons (Fsp3) is 0.333. The molecular formula is C15H20O. The van der Waals surface area contributed by atoms with Crippen molar-refractivity contribution in [2.24, 2.45) is 5.41 Å². The van der Waals surface area contributed by atoms with Gasteiger partial charge in [-0.1, -0.05) is 56.9 Å². The van der Waals surface area contributed by atoms with Gasteiger partial charge in [-0.3, -0.25) is 0 Å². The molecular weight excluding hydrogens is 196 g/mol. The van der Waals surface area contributed by atoms with E-state index in [0.717, 1.165) is 18.4 Å². The van der Waals surface area contributed by atoms with Crippen LogP contribution in [0.1, 0.15) is 26.7 Å². The minimum atomic E-state index is -0.0588. The van der Waals surface area contributed by atoms with E-state index in [9.17, 15) is 0 Å². The third kappa shape index (κ3) is 2.99. The van der Waals surface area contributed by atoms with Crippen molar-refractivity contribution in [3.8, 4) is 0 Å². The lowest BCUT2D eigenvalue weighted by molar-refractivity contribution is 0.435. The molecule has 0 fully saturated rings. The number of hydrogen-bond acceptors (Lipinski definition) is 1. The van der Waals surface area contributed by atoms with Gasteiger partial charge in [-0.05, 0) is 24.5 Å². The molecule has 1 rings (SSSR count). The number of aliphatic hydroxyl groups excluding tert-OH is 1. The minimum Gasteiger partial charge on any atom is -0.509 e. The molecule has 0 amide bonds. The van der Waals surface area contributed by atoms with Crippen LogP contribution in [-0.2, 0) is 0 Å². The largest absolute Gasteiger partial charge is 0.509 e. The minimum absolute atomic E-state index is 0.0588. The Labute approximate surface area is 98.2 Å². The summed E-state index contributed by atoms with van der Waals surface area (Å²) in [5, 5.41) is 9.03. The Morgan fingerprint density at radius 3 is 2.56 bits per heavy atom. The molecule has 0 atom stereocenters. The first-order chi connectivity index (χ1) is 7.44. The van der Waals surface area contributed by atoms with E-state index < -0.39 is 0 Å². The third-order valence-electron chi connectivity index (χ3n) is 3.10. The van der Waals surface area contributed by atoms with Gasteiger partial charge in [-0.2, -0.15) is 0 Å². The van der Waals surface area contributed by atoms with Crippen LogP contribution in [-0.4, -0.2) is 5.11 Å². The molecule has 0 aromatic carbocycles. The maximum absolute atomic E-state index is 9.03. The molecule has 1 nitrogen and oxygen atoms in total. The Balaban J connectivity index is 2.84. The zero-order chi connectivity index (χ0) is 12.2. The average molecular weight is 216 g/mol. The number of aliphatic hydroxyl groups is 1. The van der Waals surface area contributed by atoms with Gasteiger partial charge in [0.05, 0.1) is 0 Å². The van der Waals surface area contributed by atoms with Gasteiger partial charge in [0, 0.05) is 5.41 Å². The zero-order valence-corrected chi connectivity index (χ0v) is 10.2. The molecule has 86 valence electrons. The maximum Gasteiger partial charge on any atom is 0.108 e. The second-order valence-corrected chi connectivity index (χ2v) is 4.63. The van der Waals surface area contributed by atoms with Crippen LogP contribution in [0.25, 0.3) is 0 Å². The van der Waals surface area contributed by atoms with E-state index in [2.05, 4.69) is 45.2 Å². The van der Waals surface area contributed by atoms with Gasteiger partial charge < -0.3 is 5.11 Å². The van der Waals surface area contributed by atoms with Crippen molar-refractivity contribution in [2.45, 2.75) is 26.7 Å². The molecule has 0 spiro atoms. The van der Waals surface area contributed by atoms with Crippen molar-refractivity contribution < 1.29 is 5.11 Å². The molecule has 16 heavy (non-hydrogen) atoms. The van der Waals surface area contributed by atoms with Gasteiger partial charge in [0.2, 0.25) is 0 Å². The highest BCUT2D eigenvalue weighted by atomic mass is 16.3. The molecule has 1 heteroatoms. The first-order valence-corrected chi connectivity index (χ1v) is 5.56. The molecule has 0 aromatic rings. The first-order valence-electron chi connectivity index (χ1n) is 5.56. The van der Waals surface area contributed by atoms with Crippen LogP contribution in [0, 0.1) is 5.41 Å². The molecule has 0 aromatic heterocycles. The van der Waals surface area contributed by atoms with Crippen molar-refractivity contribution in [3.63, 3.8) is 0 Å². The van der Waals surface area contributed by atoms with E-state index in [-0.39, 0.29) is 11.2 Å². The van der Waals surface area contributed by atoms with Gasteiger partial charge in [0.25, 0.3) is 0 Å². The summed E-state index contributed by atoms with van der Waals surface area (Å²) < 4.78 is 0. The van der Waals surface area contributed by atoms with E-state index in [4.69, 9.17) is 5.11 Å². The summed E-state index contributed by atoms with van der Waals surface area (Å²) in [6, 6.07) is 0. The van der Waals surface area contributed by atoms with Crippen molar-refractivity contribution in [3.05, 3.63) is 60.4 Å². The van der Waals surface area contributed by atoms with Gasteiger partial charge in [0.1, 0.15) is 5.76 Å². The highest BCUT2D eigenvalue weighted by Crippen LogP contribution is 2.38. The Bertz CT molecular complexity index is 378. The highest BCUT2D eigenvalue weighted by Gasteiger charge is 2.24. The summed E-state index contributed by atoms with van der Waals surface area (Å²) in [7, 11) is 0. The van der Waals surface area contributed by atoms with Crippen molar-refractivity contribution >= 4 is 0 Å². The summed E-state index contributed by atoms with van der Waals surface area (Å²) >= 11 is 0. The van der Waals surface area contributed by atoms with Crippen LogP contribution in [0.4, 0.5) is 0 Å². The Morgan fingerprint density at radius 2 is 2.06 bits per heavy atom. The summed E-state index contributed by atoms with van der Waals surface area (Å²) in [5.41, 5.74) is 2.31. The standard InChI is InChI=1S/C15H20O/c1-12(10-11-13(2)16)15(3,4)14-8-6-5-7-9-14/h5-6,8,10-11,16H,1-2,7,9H2,3-4H3/b11-10-. The molecule has 0 radical (unpaired) electrons. The molecule has 1 N–H and O–H groups in total. The third-order valence-corrected chi connectivity index (χ3v) is 3.10. The predicted octanol–water partition coefficient (Wildman–Crippen LogP) is 4.47. The second-order valence-electron chi connectivity index (χ2n) is 4.63. The predicted molar refractivity (Wildman–Crippen MR) is 70.3 cm³/mol. The number of allylic oxidation sites excluding steroid dienone is 7. The number of hydrogen-bond donors (Lipinski definition) is 1. The smallest absolute Gasteiger partial charge is 0.108 e. The summed E-state index contributed by atoms with van der Waals surface area (Å²) in [5.74, 6) is 0.0643. The molecule has 1 aliphatic rings. The topological polar surface area (TPSA) is 20.2 Å². The summed E-state index contributed by atoms with van der Waals surface area (Å²) in [6.07, 6.45) is 12.0. The fourth-order valence-electron chi connectivity index (χ4n) is 1.73. The lowest BCUT2D eigenvalue weighted by atomic mass is 9.74. The van der Waals surface area contributed by atoms with E-state index in [1.807, 2.05) is 6.08 Å².